The van der Waals surface area contributed by atoms with Gasteiger partial charge in [0, 0.05) is 5.02 Å². The van der Waals surface area contributed by atoms with Crippen molar-refractivity contribution in [2.45, 2.75) is 31.2 Å². The van der Waals surface area contributed by atoms with Crippen molar-refractivity contribution >= 4 is 35.0 Å². The highest BCUT2D eigenvalue weighted by atomic mass is 35.5. The fourth-order valence-electron chi connectivity index (χ4n) is 2.52. The molecule has 0 saturated heterocycles. The van der Waals surface area contributed by atoms with Gasteiger partial charge in [-0.05, 0) is 72.7 Å². The van der Waals surface area contributed by atoms with Gasteiger partial charge in [-0.2, -0.15) is 4.68 Å². The van der Waals surface area contributed by atoms with E-state index < -0.39 is 11.1 Å². The highest BCUT2D eigenvalue weighted by Crippen LogP contribution is 2.26. The lowest BCUT2D eigenvalue weighted by Gasteiger charge is -2.12. The number of thioether (sulfide) groups is 1. The van der Waals surface area contributed by atoms with Crippen LogP contribution in [0.3, 0.4) is 0 Å². The number of aromatic nitrogens is 4. The summed E-state index contributed by atoms with van der Waals surface area (Å²) in [4.78, 5) is 12.4. The molecule has 1 amide bonds. The number of aryl methyl sites for hydroxylation is 2. The van der Waals surface area contributed by atoms with Crippen LogP contribution in [0.1, 0.15) is 18.1 Å². The Bertz CT molecular complexity index is 973. The second-order valence-electron chi connectivity index (χ2n) is 6.09. The van der Waals surface area contributed by atoms with E-state index in [-0.39, 0.29) is 16.6 Å². The Hall–Kier alpha value is -2.45. The fourth-order valence-corrected chi connectivity index (χ4v) is 3.49. The Morgan fingerprint density at radius 3 is 2.59 bits per heavy atom. The largest absolute Gasteiger partial charge is 0.323 e. The number of carbonyl (C=O) groups is 1. The van der Waals surface area contributed by atoms with Gasteiger partial charge in [0.2, 0.25) is 11.1 Å². The molecular formula is C18H17ClFN5OS. The molecule has 1 N–H and O–H groups in total. The summed E-state index contributed by atoms with van der Waals surface area (Å²) in [5.74, 6) is -0.954. The minimum absolute atomic E-state index is 0.0748. The maximum Gasteiger partial charge on any atom is 0.237 e. The van der Waals surface area contributed by atoms with Gasteiger partial charge in [0.25, 0.3) is 0 Å². The number of nitrogens with zero attached hydrogens (tertiary/aromatic N) is 4. The predicted molar refractivity (Wildman–Crippen MR) is 104 cm³/mol. The second kappa shape index (κ2) is 8.06. The SMILES string of the molecule is Cc1cc(C)cc(-n2nnnc2S[C@H](C)C(=O)Nc2ccc(Cl)cc2F)c1. The van der Waals surface area contributed by atoms with Gasteiger partial charge in [0.05, 0.1) is 16.6 Å². The van der Waals surface area contributed by atoms with Crippen molar-refractivity contribution in [2.75, 3.05) is 5.32 Å². The second-order valence-corrected chi connectivity index (χ2v) is 7.84. The molecule has 6 nitrogen and oxygen atoms in total. The van der Waals surface area contributed by atoms with Crippen LogP contribution in [0.4, 0.5) is 10.1 Å². The maximum absolute atomic E-state index is 13.9. The minimum Gasteiger partial charge on any atom is -0.323 e. The molecule has 2 aromatic carbocycles. The van der Waals surface area contributed by atoms with Gasteiger partial charge < -0.3 is 5.32 Å². The zero-order chi connectivity index (χ0) is 19.6. The Labute approximate surface area is 165 Å². The molecular weight excluding hydrogens is 389 g/mol. The zero-order valence-electron chi connectivity index (χ0n) is 14.9. The number of amides is 1. The lowest BCUT2D eigenvalue weighted by Crippen LogP contribution is -2.23. The Balaban J connectivity index is 1.75. The summed E-state index contributed by atoms with van der Waals surface area (Å²) in [6.07, 6.45) is 0. The zero-order valence-corrected chi connectivity index (χ0v) is 16.5. The molecule has 0 bridgehead atoms. The van der Waals surface area contributed by atoms with Crippen molar-refractivity contribution in [1.29, 1.82) is 0 Å². The first-order valence-corrected chi connectivity index (χ1v) is 9.39. The molecule has 1 aromatic heterocycles. The van der Waals surface area contributed by atoms with Gasteiger partial charge in [-0.3, -0.25) is 4.79 Å². The topological polar surface area (TPSA) is 72.7 Å². The molecule has 0 aliphatic heterocycles. The smallest absolute Gasteiger partial charge is 0.237 e. The highest BCUT2D eigenvalue weighted by molar-refractivity contribution is 8.00. The average molecular weight is 406 g/mol. The van der Waals surface area contributed by atoms with E-state index in [0.29, 0.717) is 5.16 Å². The third kappa shape index (κ3) is 4.64. The van der Waals surface area contributed by atoms with Crippen LogP contribution >= 0.6 is 23.4 Å². The molecule has 0 aliphatic carbocycles. The molecule has 3 aromatic rings. The Morgan fingerprint density at radius 1 is 1.22 bits per heavy atom. The number of nitrogens with one attached hydrogen (secondary N) is 1. The van der Waals surface area contributed by atoms with Crippen LogP contribution in [-0.4, -0.2) is 31.4 Å². The van der Waals surface area contributed by atoms with E-state index in [1.165, 1.54) is 23.9 Å². The van der Waals surface area contributed by atoms with Gasteiger partial charge >= 0.3 is 0 Å². The van der Waals surface area contributed by atoms with E-state index in [2.05, 4.69) is 26.9 Å². The van der Waals surface area contributed by atoms with Gasteiger partial charge in [-0.1, -0.05) is 29.4 Å². The van der Waals surface area contributed by atoms with Crippen molar-refractivity contribution < 1.29 is 9.18 Å². The number of carbonyl (C=O) groups excluding carboxylic acids is 1. The minimum atomic E-state index is -0.590. The van der Waals surface area contributed by atoms with Crippen LogP contribution in [0.25, 0.3) is 5.69 Å². The Morgan fingerprint density at radius 2 is 1.93 bits per heavy atom. The highest BCUT2D eigenvalue weighted by Gasteiger charge is 2.20. The summed E-state index contributed by atoms with van der Waals surface area (Å²) in [5, 5.41) is 14.5. The normalized spacial score (nSPS) is 12.0. The van der Waals surface area contributed by atoms with Crippen LogP contribution in [0.5, 0.6) is 0 Å². The number of hydrogen-bond acceptors (Lipinski definition) is 5. The van der Waals surface area contributed by atoms with Gasteiger partial charge in [0.15, 0.2) is 0 Å². The van der Waals surface area contributed by atoms with Crippen LogP contribution in [0.15, 0.2) is 41.6 Å². The lowest BCUT2D eigenvalue weighted by molar-refractivity contribution is -0.115. The molecule has 0 aliphatic rings. The summed E-state index contributed by atoms with van der Waals surface area (Å²) >= 11 is 6.91. The molecule has 0 radical (unpaired) electrons. The monoisotopic (exact) mass is 405 g/mol. The third-order valence-electron chi connectivity index (χ3n) is 3.73. The van der Waals surface area contributed by atoms with E-state index in [0.717, 1.165) is 22.9 Å². The molecule has 0 unspecified atom stereocenters. The molecule has 9 heteroatoms. The van der Waals surface area contributed by atoms with Crippen molar-refractivity contribution in [3.05, 3.63) is 58.4 Å². The van der Waals surface area contributed by atoms with Gasteiger partial charge in [-0.15, -0.1) is 5.10 Å². The average Bonchev–Trinajstić information content (AvgIpc) is 3.04. The molecule has 1 atom stereocenters. The van der Waals surface area contributed by atoms with Crippen LogP contribution < -0.4 is 5.32 Å². The quantitative estimate of drug-likeness (QED) is 0.644. The number of halogens is 2. The van der Waals surface area contributed by atoms with Crippen LogP contribution in [0, 0.1) is 19.7 Å². The fraction of sp³-hybridized carbons (Fsp3) is 0.222. The molecule has 27 heavy (non-hydrogen) atoms. The van der Waals surface area contributed by atoms with E-state index >= 15 is 0 Å². The first-order valence-electron chi connectivity index (χ1n) is 8.13. The number of rotatable bonds is 5. The maximum atomic E-state index is 13.9. The summed E-state index contributed by atoms with van der Waals surface area (Å²) in [6.45, 7) is 5.68. The molecule has 140 valence electrons. The summed E-state index contributed by atoms with van der Waals surface area (Å²) in [6, 6.07) is 10.1. The molecule has 0 fully saturated rings. The lowest BCUT2D eigenvalue weighted by atomic mass is 10.1. The molecule has 3 rings (SSSR count). The van der Waals surface area contributed by atoms with Crippen molar-refractivity contribution in [3.8, 4) is 5.69 Å². The number of benzene rings is 2. The summed E-state index contributed by atoms with van der Waals surface area (Å²) in [7, 11) is 0. The van der Waals surface area contributed by atoms with Crippen molar-refractivity contribution in [2.24, 2.45) is 0 Å². The molecule has 1 heterocycles. The van der Waals surface area contributed by atoms with Crippen LogP contribution in [-0.2, 0) is 4.79 Å². The third-order valence-corrected chi connectivity index (χ3v) is 5.00. The molecule has 0 saturated carbocycles. The van der Waals surface area contributed by atoms with E-state index in [1.807, 2.05) is 26.0 Å². The van der Waals surface area contributed by atoms with Crippen LogP contribution in [0.2, 0.25) is 5.02 Å². The number of anilines is 1. The van der Waals surface area contributed by atoms with Crippen molar-refractivity contribution in [1.82, 2.24) is 20.2 Å². The van der Waals surface area contributed by atoms with Gasteiger partial charge in [0.1, 0.15) is 5.82 Å². The Kier molecular flexibility index (Phi) is 5.76. The standard InChI is InChI=1S/C18H17ClFN5OS/c1-10-6-11(2)8-14(7-10)25-18(22-23-24-25)27-12(3)17(26)21-16-5-4-13(19)9-15(16)20/h4-9,12H,1-3H3,(H,21,26)/t12-/m1/s1. The van der Waals surface area contributed by atoms with E-state index in [9.17, 15) is 9.18 Å². The first kappa shape index (κ1) is 19.3. The first-order chi connectivity index (χ1) is 12.8. The van der Waals surface area contributed by atoms with Gasteiger partial charge in [-0.25, -0.2) is 4.39 Å². The molecule has 0 spiro atoms. The van der Waals surface area contributed by atoms with E-state index in [1.54, 1.807) is 11.6 Å². The van der Waals surface area contributed by atoms with Crippen molar-refractivity contribution in [3.63, 3.8) is 0 Å². The number of tetrazole rings is 1. The summed E-state index contributed by atoms with van der Waals surface area (Å²) in [5.41, 5.74) is 3.06. The summed E-state index contributed by atoms with van der Waals surface area (Å²) < 4.78 is 15.5. The van der Waals surface area contributed by atoms with E-state index in [4.69, 9.17) is 11.6 Å². The number of hydrogen-bond donors (Lipinski definition) is 1. The predicted octanol–water partition coefficient (Wildman–Crippen LogP) is 4.19.